The van der Waals surface area contributed by atoms with Crippen LogP contribution in [0.1, 0.15) is 26.7 Å². The van der Waals surface area contributed by atoms with Gasteiger partial charge in [-0.15, -0.1) is 0 Å². The van der Waals surface area contributed by atoms with E-state index in [-0.39, 0.29) is 29.2 Å². The standard InChI is InChI=1S/C20H29N3O5S/c1-15(2)8-9-23-19(24)14-18(20(23)25)21-10-12-22(13-11-21)29(26,27)17-6-4-16(28-3)5-7-17/h4-7,15,18H,8-14H2,1-3H3/p+1/t18-/m0/s1. The van der Waals surface area contributed by atoms with Crippen LogP contribution in [0.4, 0.5) is 0 Å². The topological polar surface area (TPSA) is 88.4 Å². The van der Waals surface area contributed by atoms with E-state index in [4.69, 9.17) is 4.74 Å². The zero-order valence-corrected chi connectivity index (χ0v) is 18.1. The van der Waals surface area contributed by atoms with Crippen LogP contribution < -0.4 is 9.64 Å². The molecule has 0 aliphatic carbocycles. The normalized spacial score (nSPS) is 21.9. The number of imide groups is 1. The van der Waals surface area contributed by atoms with Gasteiger partial charge in [-0.05, 0) is 36.6 Å². The van der Waals surface area contributed by atoms with Crippen molar-refractivity contribution >= 4 is 21.8 Å². The molecule has 8 nitrogen and oxygen atoms in total. The summed E-state index contributed by atoms with van der Waals surface area (Å²) in [4.78, 5) is 27.6. The fourth-order valence-electron chi connectivity index (χ4n) is 3.88. The number of piperazine rings is 1. The van der Waals surface area contributed by atoms with Crippen molar-refractivity contribution < 1.29 is 27.6 Å². The maximum atomic E-state index is 12.9. The molecule has 1 aromatic rings. The van der Waals surface area contributed by atoms with Gasteiger partial charge in [0.05, 0.1) is 44.6 Å². The number of hydrogen-bond acceptors (Lipinski definition) is 5. The quantitative estimate of drug-likeness (QED) is 0.611. The zero-order valence-electron chi connectivity index (χ0n) is 17.3. The van der Waals surface area contributed by atoms with Gasteiger partial charge >= 0.3 is 0 Å². The number of rotatable bonds is 7. The lowest BCUT2D eigenvalue weighted by Gasteiger charge is -2.33. The predicted octanol–water partition coefficient (Wildman–Crippen LogP) is -0.242. The van der Waals surface area contributed by atoms with E-state index in [1.165, 1.54) is 16.3 Å². The SMILES string of the molecule is COc1ccc(S(=O)(=O)N2CC[NH+]([C@H]3CC(=O)N(CCC(C)C)C3=O)CC2)cc1. The van der Waals surface area contributed by atoms with Crippen LogP contribution in [-0.4, -0.2) is 75.3 Å². The number of carbonyl (C=O) groups is 2. The van der Waals surface area contributed by atoms with E-state index in [1.54, 1.807) is 24.3 Å². The van der Waals surface area contributed by atoms with Gasteiger partial charge in [-0.2, -0.15) is 4.31 Å². The van der Waals surface area contributed by atoms with Crippen molar-refractivity contribution in [1.29, 1.82) is 0 Å². The maximum absolute atomic E-state index is 12.9. The lowest BCUT2D eigenvalue weighted by molar-refractivity contribution is -0.918. The van der Waals surface area contributed by atoms with Gasteiger partial charge in [0.1, 0.15) is 5.75 Å². The summed E-state index contributed by atoms with van der Waals surface area (Å²) in [6.45, 7) is 6.28. The Bertz CT molecular complexity index is 845. The van der Waals surface area contributed by atoms with Gasteiger partial charge in [0.15, 0.2) is 6.04 Å². The Hall–Kier alpha value is -1.97. The fraction of sp³-hybridized carbons (Fsp3) is 0.600. The van der Waals surface area contributed by atoms with Gasteiger partial charge in [0, 0.05) is 6.54 Å². The van der Waals surface area contributed by atoms with Crippen molar-refractivity contribution in [3.05, 3.63) is 24.3 Å². The minimum Gasteiger partial charge on any atom is -0.497 e. The van der Waals surface area contributed by atoms with Crippen LogP contribution >= 0.6 is 0 Å². The molecule has 1 aromatic carbocycles. The first-order valence-electron chi connectivity index (χ1n) is 10.1. The monoisotopic (exact) mass is 424 g/mol. The lowest BCUT2D eigenvalue weighted by Crippen LogP contribution is -3.19. The van der Waals surface area contributed by atoms with Gasteiger partial charge in [0.2, 0.25) is 15.9 Å². The molecule has 3 rings (SSSR count). The molecule has 1 N–H and O–H groups in total. The third-order valence-electron chi connectivity index (χ3n) is 5.73. The van der Waals surface area contributed by atoms with Crippen LogP contribution in [0.25, 0.3) is 0 Å². The second-order valence-electron chi connectivity index (χ2n) is 8.06. The van der Waals surface area contributed by atoms with Crippen molar-refractivity contribution in [3.8, 4) is 5.75 Å². The summed E-state index contributed by atoms with van der Waals surface area (Å²) in [6.07, 6.45) is 1.02. The number of likely N-dealkylation sites (tertiary alicyclic amines) is 1. The first-order chi connectivity index (χ1) is 13.7. The molecular formula is C20H30N3O5S+. The molecule has 0 bridgehead atoms. The molecule has 0 unspecified atom stereocenters. The highest BCUT2D eigenvalue weighted by Gasteiger charge is 2.46. The third kappa shape index (κ3) is 4.62. The van der Waals surface area contributed by atoms with Crippen molar-refractivity contribution in [1.82, 2.24) is 9.21 Å². The van der Waals surface area contributed by atoms with Gasteiger partial charge in [-0.3, -0.25) is 14.5 Å². The molecule has 2 amide bonds. The fourth-order valence-corrected chi connectivity index (χ4v) is 5.32. The molecule has 0 radical (unpaired) electrons. The highest BCUT2D eigenvalue weighted by molar-refractivity contribution is 7.89. The predicted molar refractivity (Wildman–Crippen MR) is 107 cm³/mol. The summed E-state index contributed by atoms with van der Waals surface area (Å²) in [5.74, 6) is 0.803. The smallest absolute Gasteiger partial charge is 0.288 e. The van der Waals surface area contributed by atoms with Crippen LogP contribution in [0.15, 0.2) is 29.2 Å². The number of methoxy groups -OCH3 is 1. The molecule has 29 heavy (non-hydrogen) atoms. The second-order valence-corrected chi connectivity index (χ2v) is 10.00. The van der Waals surface area contributed by atoms with E-state index in [9.17, 15) is 18.0 Å². The highest BCUT2D eigenvalue weighted by atomic mass is 32.2. The summed E-state index contributed by atoms with van der Waals surface area (Å²) in [7, 11) is -2.05. The van der Waals surface area contributed by atoms with E-state index in [0.29, 0.717) is 44.4 Å². The molecule has 2 fully saturated rings. The first-order valence-corrected chi connectivity index (χ1v) is 11.5. The maximum Gasteiger partial charge on any atom is 0.288 e. The van der Waals surface area contributed by atoms with Gasteiger partial charge in [-0.25, -0.2) is 8.42 Å². The number of amides is 2. The van der Waals surface area contributed by atoms with E-state index < -0.39 is 10.0 Å². The molecule has 2 aliphatic heterocycles. The molecular weight excluding hydrogens is 394 g/mol. The van der Waals surface area contributed by atoms with Crippen molar-refractivity contribution in [2.75, 3.05) is 39.8 Å². The number of quaternary nitrogens is 1. The van der Waals surface area contributed by atoms with E-state index in [0.717, 1.165) is 11.3 Å². The van der Waals surface area contributed by atoms with Crippen LogP contribution in [0.5, 0.6) is 5.75 Å². The summed E-state index contributed by atoms with van der Waals surface area (Å²) in [6, 6.07) is 5.95. The van der Waals surface area contributed by atoms with E-state index in [2.05, 4.69) is 13.8 Å². The molecule has 2 saturated heterocycles. The van der Waals surface area contributed by atoms with Crippen LogP contribution in [0, 0.1) is 5.92 Å². The van der Waals surface area contributed by atoms with Gasteiger partial charge in [-0.1, -0.05) is 13.8 Å². The number of benzene rings is 1. The lowest BCUT2D eigenvalue weighted by atomic mass is 10.1. The first kappa shape index (κ1) is 21.7. The number of sulfonamides is 1. The summed E-state index contributed by atoms with van der Waals surface area (Å²) in [5, 5.41) is 0. The molecule has 2 aliphatic rings. The Morgan fingerprint density at radius 3 is 2.31 bits per heavy atom. The molecule has 0 spiro atoms. The highest BCUT2D eigenvalue weighted by Crippen LogP contribution is 2.20. The molecule has 0 saturated carbocycles. The summed E-state index contributed by atoms with van der Waals surface area (Å²) >= 11 is 0. The van der Waals surface area contributed by atoms with Crippen LogP contribution in [0.2, 0.25) is 0 Å². The summed E-state index contributed by atoms with van der Waals surface area (Å²) < 4.78 is 32.3. The van der Waals surface area contributed by atoms with Gasteiger partial charge in [0.25, 0.3) is 5.91 Å². The summed E-state index contributed by atoms with van der Waals surface area (Å²) in [5.41, 5.74) is 0. The minimum absolute atomic E-state index is 0.110. The molecule has 0 aromatic heterocycles. The largest absolute Gasteiger partial charge is 0.497 e. The average Bonchev–Trinajstić information content (AvgIpc) is 3.00. The Kier molecular flexibility index (Phi) is 6.60. The van der Waals surface area contributed by atoms with Crippen molar-refractivity contribution in [3.63, 3.8) is 0 Å². The second kappa shape index (κ2) is 8.81. The zero-order chi connectivity index (χ0) is 21.2. The molecule has 160 valence electrons. The Morgan fingerprint density at radius 1 is 1.14 bits per heavy atom. The van der Waals surface area contributed by atoms with Crippen LogP contribution in [0.3, 0.4) is 0 Å². The molecule has 2 heterocycles. The van der Waals surface area contributed by atoms with E-state index in [1.807, 2.05) is 0 Å². The average molecular weight is 425 g/mol. The molecule has 9 heteroatoms. The number of ether oxygens (including phenoxy) is 1. The number of nitrogens with one attached hydrogen (secondary N) is 1. The van der Waals surface area contributed by atoms with Gasteiger partial charge < -0.3 is 9.64 Å². The van der Waals surface area contributed by atoms with Crippen LogP contribution in [-0.2, 0) is 19.6 Å². The van der Waals surface area contributed by atoms with Crippen molar-refractivity contribution in [2.45, 2.75) is 37.6 Å². The molecule has 1 atom stereocenters. The number of carbonyl (C=O) groups excluding carboxylic acids is 2. The third-order valence-corrected chi connectivity index (χ3v) is 7.64. The minimum atomic E-state index is -3.59. The Balaban J connectivity index is 1.61. The van der Waals surface area contributed by atoms with E-state index >= 15 is 0 Å². The Morgan fingerprint density at radius 2 is 1.76 bits per heavy atom. The van der Waals surface area contributed by atoms with Crippen molar-refractivity contribution in [2.24, 2.45) is 5.92 Å². The Labute approximate surface area is 172 Å². The number of hydrogen-bond donors (Lipinski definition) is 1. The number of nitrogens with zero attached hydrogens (tertiary/aromatic N) is 2.